The molecule has 5 rings (SSSR count). The maximum Gasteiger partial charge on any atom is 0.255 e. The summed E-state index contributed by atoms with van der Waals surface area (Å²) >= 11 is 0. The van der Waals surface area contributed by atoms with Crippen LogP contribution >= 0.6 is 0 Å². The van der Waals surface area contributed by atoms with Crippen LogP contribution in [-0.2, 0) is 16.6 Å². The topological polar surface area (TPSA) is 109 Å². The summed E-state index contributed by atoms with van der Waals surface area (Å²) in [5, 5.41) is 13.4. The highest BCUT2D eigenvalue weighted by atomic mass is 16.2. The standard InChI is InChI=1S/C23H22N6O3/c1-28-13-25-27-21(28)14-5-4-6-15(11-14)26-19(30)12-24-22(31)20-17-7-2-3-8-18(17)23(32)29(20)16-9-10-16/h2-8,11,13,16,20H,9-10,12H2,1H3,(H,24,31)(H,26,30). The zero-order valence-corrected chi connectivity index (χ0v) is 17.5. The molecule has 0 bridgehead atoms. The molecular weight excluding hydrogens is 408 g/mol. The van der Waals surface area contributed by atoms with Crippen LogP contribution in [0.2, 0.25) is 0 Å². The molecule has 2 heterocycles. The lowest BCUT2D eigenvalue weighted by Gasteiger charge is -2.24. The van der Waals surface area contributed by atoms with Crippen LogP contribution in [0, 0.1) is 0 Å². The van der Waals surface area contributed by atoms with Crippen molar-refractivity contribution < 1.29 is 14.4 Å². The molecule has 2 aromatic carbocycles. The van der Waals surface area contributed by atoms with Gasteiger partial charge in [-0.05, 0) is 36.6 Å². The number of fused-ring (bicyclic) bond motifs is 1. The predicted molar refractivity (Wildman–Crippen MR) is 116 cm³/mol. The lowest BCUT2D eigenvalue weighted by Crippen LogP contribution is -2.42. The molecule has 3 amide bonds. The number of benzene rings is 2. The van der Waals surface area contributed by atoms with Gasteiger partial charge in [-0.2, -0.15) is 0 Å². The van der Waals surface area contributed by atoms with E-state index in [1.807, 2.05) is 25.2 Å². The Bertz CT molecular complexity index is 1220. The third-order valence-corrected chi connectivity index (χ3v) is 5.73. The smallest absolute Gasteiger partial charge is 0.255 e. The molecule has 9 heteroatoms. The van der Waals surface area contributed by atoms with Gasteiger partial charge in [0.2, 0.25) is 11.8 Å². The van der Waals surface area contributed by atoms with Gasteiger partial charge in [0.25, 0.3) is 5.91 Å². The van der Waals surface area contributed by atoms with Gasteiger partial charge >= 0.3 is 0 Å². The SMILES string of the molecule is Cn1cnnc1-c1cccc(NC(=O)CNC(=O)C2c3ccccc3C(=O)N2C2CC2)c1. The van der Waals surface area contributed by atoms with Crippen LogP contribution in [0.1, 0.15) is 34.8 Å². The Labute approximate surface area is 184 Å². The minimum absolute atomic E-state index is 0.0860. The first-order valence-electron chi connectivity index (χ1n) is 10.5. The Kier molecular flexibility index (Phi) is 4.93. The first-order chi connectivity index (χ1) is 15.5. The minimum atomic E-state index is -0.696. The molecule has 32 heavy (non-hydrogen) atoms. The number of amides is 3. The van der Waals surface area contributed by atoms with Crippen molar-refractivity contribution in [3.8, 4) is 11.4 Å². The first kappa shape index (κ1) is 19.9. The molecule has 1 aliphatic carbocycles. The molecule has 1 fully saturated rings. The van der Waals surface area contributed by atoms with Gasteiger partial charge in [0.05, 0.1) is 6.54 Å². The van der Waals surface area contributed by atoms with E-state index in [2.05, 4.69) is 20.8 Å². The summed E-state index contributed by atoms with van der Waals surface area (Å²) in [5.74, 6) is -0.144. The second kappa shape index (κ2) is 7.92. The van der Waals surface area contributed by atoms with Gasteiger partial charge in [0.15, 0.2) is 5.82 Å². The van der Waals surface area contributed by atoms with Crippen molar-refractivity contribution in [3.05, 3.63) is 66.0 Å². The monoisotopic (exact) mass is 430 g/mol. The lowest BCUT2D eigenvalue weighted by atomic mass is 10.0. The third-order valence-electron chi connectivity index (χ3n) is 5.73. The van der Waals surface area contributed by atoms with E-state index in [-0.39, 0.29) is 30.3 Å². The number of carbonyl (C=O) groups excluding carboxylic acids is 3. The molecule has 0 spiro atoms. The van der Waals surface area contributed by atoms with Gasteiger partial charge < -0.3 is 20.1 Å². The van der Waals surface area contributed by atoms with E-state index < -0.39 is 6.04 Å². The number of rotatable bonds is 6. The summed E-state index contributed by atoms with van der Waals surface area (Å²) in [6.07, 6.45) is 3.39. The fraction of sp³-hybridized carbons (Fsp3) is 0.261. The molecule has 0 saturated heterocycles. The zero-order chi connectivity index (χ0) is 22.2. The van der Waals surface area contributed by atoms with Crippen LogP contribution in [-0.4, -0.2) is 50.0 Å². The summed E-state index contributed by atoms with van der Waals surface area (Å²) in [5.41, 5.74) is 2.65. The second-order valence-electron chi connectivity index (χ2n) is 8.05. The molecule has 1 aliphatic heterocycles. The predicted octanol–water partition coefficient (Wildman–Crippen LogP) is 1.90. The minimum Gasteiger partial charge on any atom is -0.345 e. The van der Waals surface area contributed by atoms with Gasteiger partial charge in [-0.15, -0.1) is 10.2 Å². The van der Waals surface area contributed by atoms with Gasteiger partial charge in [0, 0.05) is 29.9 Å². The van der Waals surface area contributed by atoms with Gasteiger partial charge in [0.1, 0.15) is 12.4 Å². The van der Waals surface area contributed by atoms with Gasteiger partial charge in [-0.3, -0.25) is 14.4 Å². The van der Waals surface area contributed by atoms with Crippen molar-refractivity contribution in [1.82, 2.24) is 25.0 Å². The van der Waals surface area contributed by atoms with Crippen molar-refractivity contribution >= 4 is 23.4 Å². The van der Waals surface area contributed by atoms with E-state index in [0.29, 0.717) is 22.6 Å². The highest BCUT2D eigenvalue weighted by Crippen LogP contribution is 2.41. The molecule has 0 radical (unpaired) electrons. The normalized spacial score (nSPS) is 17.2. The molecule has 9 nitrogen and oxygen atoms in total. The average Bonchev–Trinajstić information content (AvgIpc) is 3.47. The number of anilines is 1. The fourth-order valence-electron chi connectivity index (χ4n) is 4.08. The summed E-state index contributed by atoms with van der Waals surface area (Å²) in [6, 6.07) is 13.8. The number of nitrogens with one attached hydrogen (secondary N) is 2. The van der Waals surface area contributed by atoms with Crippen molar-refractivity contribution in [2.75, 3.05) is 11.9 Å². The molecule has 1 aromatic heterocycles. The Morgan fingerprint density at radius 1 is 1.12 bits per heavy atom. The Balaban J connectivity index is 1.25. The first-order valence-corrected chi connectivity index (χ1v) is 10.5. The van der Waals surface area contributed by atoms with Crippen LogP contribution in [0.25, 0.3) is 11.4 Å². The Hall–Kier alpha value is -4.01. The quantitative estimate of drug-likeness (QED) is 0.621. The lowest BCUT2D eigenvalue weighted by molar-refractivity contribution is -0.127. The Morgan fingerprint density at radius 3 is 2.69 bits per heavy atom. The molecule has 1 unspecified atom stereocenters. The van der Waals surface area contributed by atoms with Crippen LogP contribution in [0.4, 0.5) is 5.69 Å². The van der Waals surface area contributed by atoms with Crippen LogP contribution in [0.5, 0.6) is 0 Å². The maximum atomic E-state index is 13.0. The van der Waals surface area contributed by atoms with E-state index >= 15 is 0 Å². The molecule has 2 N–H and O–H groups in total. The summed E-state index contributed by atoms with van der Waals surface area (Å²) in [4.78, 5) is 39.9. The number of hydrogen-bond acceptors (Lipinski definition) is 5. The van der Waals surface area contributed by atoms with Crippen LogP contribution < -0.4 is 10.6 Å². The van der Waals surface area contributed by atoms with E-state index in [9.17, 15) is 14.4 Å². The van der Waals surface area contributed by atoms with E-state index in [4.69, 9.17) is 0 Å². The van der Waals surface area contributed by atoms with Crippen LogP contribution in [0.3, 0.4) is 0 Å². The largest absolute Gasteiger partial charge is 0.345 e. The van der Waals surface area contributed by atoms with E-state index in [1.165, 1.54) is 0 Å². The maximum absolute atomic E-state index is 13.0. The summed E-state index contributed by atoms with van der Waals surface area (Å²) in [7, 11) is 1.84. The highest BCUT2D eigenvalue weighted by molar-refractivity contribution is 6.05. The number of carbonyl (C=O) groups is 3. The average molecular weight is 430 g/mol. The Morgan fingerprint density at radius 2 is 1.94 bits per heavy atom. The highest BCUT2D eigenvalue weighted by Gasteiger charge is 2.47. The number of nitrogens with zero attached hydrogens (tertiary/aromatic N) is 4. The molecule has 3 aromatic rings. The number of aryl methyl sites for hydroxylation is 1. The van der Waals surface area contributed by atoms with Crippen molar-refractivity contribution in [2.24, 2.45) is 7.05 Å². The third kappa shape index (κ3) is 3.62. The molecular formula is C23H22N6O3. The molecule has 1 saturated carbocycles. The van der Waals surface area contributed by atoms with Gasteiger partial charge in [-0.25, -0.2) is 0 Å². The van der Waals surface area contributed by atoms with Gasteiger partial charge in [-0.1, -0.05) is 30.3 Å². The van der Waals surface area contributed by atoms with E-state index in [0.717, 1.165) is 18.4 Å². The number of aromatic nitrogens is 3. The van der Waals surface area contributed by atoms with E-state index in [1.54, 1.807) is 46.1 Å². The van der Waals surface area contributed by atoms with Crippen molar-refractivity contribution in [2.45, 2.75) is 24.9 Å². The second-order valence-corrected chi connectivity index (χ2v) is 8.05. The number of hydrogen-bond donors (Lipinski definition) is 2. The molecule has 2 aliphatic rings. The molecule has 162 valence electrons. The summed E-state index contributed by atoms with van der Waals surface area (Å²) < 4.78 is 1.79. The summed E-state index contributed by atoms with van der Waals surface area (Å²) in [6.45, 7) is -0.196. The van der Waals surface area contributed by atoms with Crippen molar-refractivity contribution in [3.63, 3.8) is 0 Å². The fourth-order valence-corrected chi connectivity index (χ4v) is 4.08. The van der Waals surface area contributed by atoms with Crippen LogP contribution in [0.15, 0.2) is 54.9 Å². The zero-order valence-electron chi connectivity index (χ0n) is 17.5. The van der Waals surface area contributed by atoms with Crippen molar-refractivity contribution in [1.29, 1.82) is 0 Å². The molecule has 1 atom stereocenters.